The number of fused-ring (bicyclic) bond motifs is 4. The largest absolute Gasteiger partial charge is 0.425 e. The van der Waals surface area contributed by atoms with Gasteiger partial charge in [-0.1, -0.05) is 120 Å². The van der Waals surface area contributed by atoms with Crippen LogP contribution in [0.5, 0.6) is 0 Å². The van der Waals surface area contributed by atoms with E-state index in [-0.39, 0.29) is 84.5 Å². The third kappa shape index (κ3) is 20.3. The molecule has 4 aliphatic heterocycles. The number of imide groups is 3. The number of hydrogen-bond acceptors (Lipinski definition) is 25. The van der Waals surface area contributed by atoms with Gasteiger partial charge in [0.1, 0.15) is 20.4 Å². The van der Waals surface area contributed by atoms with Crippen LogP contribution in [0.1, 0.15) is 105 Å². The summed E-state index contributed by atoms with van der Waals surface area (Å²) in [6, 6.07) is 52.0. The van der Waals surface area contributed by atoms with Crippen molar-refractivity contribution in [2.75, 3.05) is 36.3 Å². The Bertz CT molecular complexity index is 6580. The zero-order chi connectivity index (χ0) is 86.2. The molecule has 0 saturated heterocycles. The average Bonchev–Trinajstić information content (AvgIpc) is 1.62. The summed E-state index contributed by atoms with van der Waals surface area (Å²) in [6.45, 7) is 5.68. The molecule has 4 aliphatic rings. The van der Waals surface area contributed by atoms with Crippen molar-refractivity contribution in [1.82, 2.24) is 15.5 Å². The summed E-state index contributed by atoms with van der Waals surface area (Å²) in [5, 5.41) is 7.64. The summed E-state index contributed by atoms with van der Waals surface area (Å²) < 4.78 is 178. The first-order valence-electron chi connectivity index (χ1n) is 33.3. The van der Waals surface area contributed by atoms with E-state index in [0.717, 1.165) is 49.1 Å². The van der Waals surface area contributed by atoms with Crippen LogP contribution in [0, 0.1) is 20.8 Å². The van der Waals surface area contributed by atoms with Gasteiger partial charge in [-0.2, -0.15) is 25.3 Å². The van der Waals surface area contributed by atoms with Crippen molar-refractivity contribution >= 4 is 144 Å². The average molecular weight is 1710 g/mol. The maximum Gasteiger partial charge on any atom is 0.425 e. The van der Waals surface area contributed by atoms with Crippen molar-refractivity contribution < 1.29 is 120 Å². The van der Waals surface area contributed by atoms with E-state index in [9.17, 15) is 82.1 Å². The molecule has 34 nitrogen and oxygen atoms in total. The second kappa shape index (κ2) is 35.8. The molecule has 40 heteroatoms. The molecule has 10 aromatic rings. The molecule has 0 aromatic heterocycles. The number of aliphatic imine (C=N–C) groups is 1. The number of hydrogen-bond donors (Lipinski definition) is 6. The number of carbonyl (C=O) groups is 9. The Morgan fingerprint density at radius 3 is 1.06 bits per heavy atom. The SMILES string of the molecule is CNC(=O)c1ccc2c(c1)C(=O)N(c1ccc(-c3ccc(C)cc3)c(S(=O)(=O)O)c1)C2=O.CNC(=O)c1ccc2c(c1)CC(C(=O)Nc1ccc(-c3ccc(C)cc3)c(S(=O)(=O)O)c1)=N2.Cc1ccc(-c2ccc(N3C(=O)c4ccc(-c5ccc6c(c5)C(=O)N(C)C6=O)cc4C3=O)cc2S(=O)(=O)O)cc1.O=S(=O)=O.O=S(=O)=O.O=S(=O)=O. The third-order valence-electron chi connectivity index (χ3n) is 17.7. The molecule has 0 saturated carbocycles. The minimum Gasteiger partial charge on any atom is -0.355 e. The van der Waals surface area contributed by atoms with Crippen LogP contribution in [0.25, 0.3) is 44.5 Å². The first-order valence-corrected chi connectivity index (χ1v) is 40.6. The minimum atomic E-state index is -4.71. The summed E-state index contributed by atoms with van der Waals surface area (Å²) in [6.07, 6.45) is 0.235. The Morgan fingerprint density at radius 1 is 0.359 bits per heavy atom. The Morgan fingerprint density at radius 2 is 0.667 bits per heavy atom. The highest BCUT2D eigenvalue weighted by Gasteiger charge is 2.41. The molecule has 6 N–H and O–H groups in total. The Labute approximate surface area is 669 Å². The Balaban J connectivity index is 0.000000188. The lowest BCUT2D eigenvalue weighted by molar-refractivity contribution is -0.110. The van der Waals surface area contributed by atoms with Gasteiger partial charge in [0.25, 0.3) is 83.5 Å². The molecule has 0 bridgehead atoms. The van der Waals surface area contributed by atoms with Crippen LogP contribution < -0.4 is 25.8 Å². The van der Waals surface area contributed by atoms with Crippen LogP contribution in [-0.4, -0.2) is 162 Å². The van der Waals surface area contributed by atoms with E-state index in [1.54, 1.807) is 109 Å². The molecular formula is C77H59N7O27S6. The van der Waals surface area contributed by atoms with Crippen LogP contribution in [0.3, 0.4) is 0 Å². The van der Waals surface area contributed by atoms with Crippen LogP contribution >= 0.6 is 0 Å². The fourth-order valence-electron chi connectivity index (χ4n) is 12.2. The molecule has 4 heterocycles. The third-order valence-corrected chi connectivity index (χ3v) is 20.4. The predicted molar refractivity (Wildman–Crippen MR) is 418 cm³/mol. The Hall–Kier alpha value is -13.7. The maximum absolute atomic E-state index is 13.5. The molecule has 0 radical (unpaired) electrons. The monoisotopic (exact) mass is 1710 g/mol. The zero-order valence-electron chi connectivity index (χ0n) is 61.1. The molecule has 9 amide bonds. The molecule has 0 fully saturated rings. The zero-order valence-corrected chi connectivity index (χ0v) is 66.0. The van der Waals surface area contributed by atoms with Gasteiger partial charge in [0, 0.05) is 61.1 Å². The number of benzene rings is 10. The number of aryl methyl sites for hydroxylation is 3. The van der Waals surface area contributed by atoms with Gasteiger partial charge in [-0.25, -0.2) is 14.8 Å². The van der Waals surface area contributed by atoms with Crippen molar-refractivity contribution in [3.05, 3.63) is 267 Å². The molecule has 10 aromatic carbocycles. The molecule has 117 heavy (non-hydrogen) atoms. The fourth-order valence-corrected chi connectivity index (χ4v) is 14.4. The van der Waals surface area contributed by atoms with E-state index in [1.807, 2.05) is 32.9 Å². The summed E-state index contributed by atoms with van der Waals surface area (Å²) in [5.74, 6) is -4.64. The summed E-state index contributed by atoms with van der Waals surface area (Å²) in [5.41, 5.74) is 9.88. The molecule has 14 rings (SSSR count). The molecule has 0 unspecified atom stereocenters. The number of carbonyl (C=O) groups excluding carboxylic acids is 9. The quantitative estimate of drug-likeness (QED) is 0.0467. The number of nitrogens with zero attached hydrogens (tertiary/aromatic N) is 4. The van der Waals surface area contributed by atoms with E-state index >= 15 is 0 Å². The molecule has 0 spiro atoms. The second-order valence-corrected chi connectivity index (χ2v) is 30.6. The first kappa shape index (κ1) is 87.3. The highest BCUT2D eigenvalue weighted by molar-refractivity contribution is 7.86. The number of anilines is 3. The lowest BCUT2D eigenvalue weighted by Crippen LogP contribution is -2.29. The van der Waals surface area contributed by atoms with Crippen molar-refractivity contribution in [2.24, 2.45) is 4.99 Å². The van der Waals surface area contributed by atoms with Crippen molar-refractivity contribution in [1.29, 1.82) is 0 Å². The predicted octanol–water partition coefficient (Wildman–Crippen LogP) is 8.19. The van der Waals surface area contributed by atoms with E-state index in [4.69, 9.17) is 37.9 Å². The van der Waals surface area contributed by atoms with Gasteiger partial charge in [0.15, 0.2) is 0 Å². The number of rotatable bonds is 13. The van der Waals surface area contributed by atoms with Gasteiger partial charge in [-0.15, -0.1) is 37.9 Å². The second-order valence-electron chi connectivity index (χ2n) is 25.2. The van der Waals surface area contributed by atoms with E-state index < -0.39 is 119 Å². The van der Waals surface area contributed by atoms with Gasteiger partial charge in [0.05, 0.1) is 50.4 Å². The van der Waals surface area contributed by atoms with E-state index in [2.05, 4.69) is 20.9 Å². The lowest BCUT2D eigenvalue weighted by Gasteiger charge is -2.17. The smallest absolute Gasteiger partial charge is 0.355 e. The van der Waals surface area contributed by atoms with Crippen LogP contribution in [0.2, 0.25) is 0 Å². The lowest BCUT2D eigenvalue weighted by atomic mass is 9.97. The van der Waals surface area contributed by atoms with Gasteiger partial charge in [-0.05, 0) is 151 Å². The van der Waals surface area contributed by atoms with Crippen molar-refractivity contribution in [3.63, 3.8) is 0 Å². The van der Waals surface area contributed by atoms with Gasteiger partial charge < -0.3 is 16.0 Å². The summed E-state index contributed by atoms with van der Waals surface area (Å²) in [4.78, 5) is 120. The van der Waals surface area contributed by atoms with Crippen molar-refractivity contribution in [2.45, 2.75) is 41.9 Å². The Kier molecular flexibility index (Phi) is 26.7. The minimum absolute atomic E-state index is 0.0128. The highest BCUT2D eigenvalue weighted by Crippen LogP contribution is 2.40. The van der Waals surface area contributed by atoms with Gasteiger partial charge in [-0.3, -0.25) is 61.7 Å². The first-order chi connectivity index (χ1) is 54.9. The standard InChI is InChI=1S/C30H20N2O7S.C24H21N3O5S.C23H18N2O6S.3O3S/c1-16-3-5-17(6-4-16)21-12-9-20(15-26(21)40(37,38)39)32-29(35)23-11-8-19(14-25(23)30(32)36)18-7-10-22-24(13-18)28(34)31(2)27(22)33;1-14-3-5-15(6-4-14)19-9-8-18(13-22(19)33(30,31)32)26-24(29)21-12-17-11-16(23(28)25-2)7-10-20(17)27-21;1-13-3-5-14(6-4-13)17-10-8-16(12-20(17)32(29,30)31)25-22(27)18-9-7-15(21(26)24-2)11-19(18)23(25)28;3*1-4(2)3/h3-15H,1-2H3,(H,37,38,39);3-11,13H,12H2,1-2H3,(H,25,28)(H,26,29)(H,30,31,32);3-12H,1-2H3,(H,24,26)(H,29,30,31);;;. The van der Waals surface area contributed by atoms with E-state index in [1.165, 1.54) is 87.9 Å². The topological polar surface area (TPSA) is 529 Å². The summed E-state index contributed by atoms with van der Waals surface area (Å²) in [7, 11) is -18.9. The maximum atomic E-state index is 13.5. The van der Waals surface area contributed by atoms with Crippen molar-refractivity contribution in [3.8, 4) is 44.5 Å². The summed E-state index contributed by atoms with van der Waals surface area (Å²) >= 11 is 0. The van der Waals surface area contributed by atoms with Crippen LogP contribution in [-0.2, 0) is 73.4 Å². The number of nitrogens with one attached hydrogen (secondary N) is 3. The molecule has 0 atom stereocenters. The van der Waals surface area contributed by atoms with Gasteiger partial charge in [0.2, 0.25) is 0 Å². The highest BCUT2D eigenvalue weighted by atomic mass is 32.2. The van der Waals surface area contributed by atoms with Crippen LogP contribution in [0.15, 0.2) is 220 Å². The molecule has 0 aliphatic carbocycles. The van der Waals surface area contributed by atoms with E-state index in [0.29, 0.717) is 50.2 Å². The normalized spacial score (nSPS) is 12.8. The molecule has 600 valence electrons. The fraction of sp³-hybridized carbons (Fsp3) is 0.0909. The van der Waals surface area contributed by atoms with Crippen LogP contribution in [0.4, 0.5) is 22.7 Å². The number of amides is 9. The van der Waals surface area contributed by atoms with Gasteiger partial charge >= 0.3 is 31.8 Å². The molecular weight excluding hydrogens is 1650 g/mol.